The fourth-order valence-corrected chi connectivity index (χ4v) is 1.72. The number of hydrogen-bond donors (Lipinski definition) is 2. The molecule has 1 unspecified atom stereocenters. The van der Waals surface area contributed by atoms with Crippen LogP contribution in [0.1, 0.15) is 32.4 Å². The fourth-order valence-electron chi connectivity index (χ4n) is 1.59. The van der Waals surface area contributed by atoms with E-state index in [2.05, 4.69) is 19.2 Å². The zero-order valence-electron chi connectivity index (χ0n) is 10.8. The first kappa shape index (κ1) is 17.2. The van der Waals surface area contributed by atoms with E-state index in [1.54, 1.807) is 6.92 Å². The molecule has 0 aromatic heterocycles. The van der Waals surface area contributed by atoms with E-state index in [4.69, 9.17) is 17.3 Å². The molecule has 0 heterocycles. The number of carbonyl (C=O) groups excluding carboxylic acids is 1. The van der Waals surface area contributed by atoms with Gasteiger partial charge in [0.25, 0.3) is 0 Å². The van der Waals surface area contributed by atoms with Crippen molar-refractivity contribution in [1.82, 2.24) is 5.32 Å². The first-order chi connectivity index (χ1) is 7.91. The fraction of sp³-hybridized carbons (Fsp3) is 0.462. The standard InChI is InChI=1S/C13H19ClN2O.ClH/c1-8(2)12(16-13(17)9(3)15)10-4-6-11(14)7-5-10;/h4-9,12H,15H2,1-3H3,(H,16,17);1H/t9-,12?;/m0./s1. The molecule has 3 nitrogen and oxygen atoms in total. The van der Waals surface area contributed by atoms with E-state index in [0.29, 0.717) is 10.9 Å². The van der Waals surface area contributed by atoms with E-state index in [-0.39, 0.29) is 24.4 Å². The van der Waals surface area contributed by atoms with Gasteiger partial charge in [-0.3, -0.25) is 4.79 Å². The van der Waals surface area contributed by atoms with Crippen LogP contribution in [0.4, 0.5) is 0 Å². The quantitative estimate of drug-likeness (QED) is 0.896. The number of carbonyl (C=O) groups is 1. The van der Waals surface area contributed by atoms with E-state index >= 15 is 0 Å². The molecule has 5 heteroatoms. The SMILES string of the molecule is CC(C)C(NC(=O)[C@H](C)N)c1ccc(Cl)cc1.Cl. The Morgan fingerprint density at radius 1 is 1.22 bits per heavy atom. The Hall–Kier alpha value is -0.770. The third kappa shape index (κ3) is 4.84. The summed E-state index contributed by atoms with van der Waals surface area (Å²) in [4.78, 5) is 11.6. The summed E-state index contributed by atoms with van der Waals surface area (Å²) in [7, 11) is 0. The van der Waals surface area contributed by atoms with Crippen molar-refractivity contribution in [2.24, 2.45) is 11.7 Å². The van der Waals surface area contributed by atoms with Crippen molar-refractivity contribution in [1.29, 1.82) is 0 Å². The van der Waals surface area contributed by atoms with Gasteiger partial charge in [0.1, 0.15) is 0 Å². The van der Waals surface area contributed by atoms with E-state index in [9.17, 15) is 4.79 Å². The van der Waals surface area contributed by atoms with Gasteiger partial charge in [-0.05, 0) is 30.5 Å². The molecule has 0 fully saturated rings. The topological polar surface area (TPSA) is 55.1 Å². The van der Waals surface area contributed by atoms with Gasteiger partial charge in [-0.15, -0.1) is 12.4 Å². The van der Waals surface area contributed by atoms with Crippen LogP contribution in [-0.4, -0.2) is 11.9 Å². The molecule has 1 aromatic rings. The highest BCUT2D eigenvalue weighted by atomic mass is 35.5. The predicted molar refractivity (Wildman–Crippen MR) is 78.1 cm³/mol. The zero-order valence-corrected chi connectivity index (χ0v) is 12.4. The minimum Gasteiger partial charge on any atom is -0.348 e. The summed E-state index contributed by atoms with van der Waals surface area (Å²) in [6.45, 7) is 5.79. The molecule has 1 amide bonds. The number of rotatable bonds is 4. The summed E-state index contributed by atoms with van der Waals surface area (Å²) >= 11 is 5.84. The maximum absolute atomic E-state index is 11.6. The van der Waals surface area contributed by atoms with E-state index in [1.165, 1.54) is 0 Å². The molecule has 0 saturated heterocycles. The van der Waals surface area contributed by atoms with Gasteiger partial charge >= 0.3 is 0 Å². The smallest absolute Gasteiger partial charge is 0.237 e. The Balaban J connectivity index is 0.00000289. The lowest BCUT2D eigenvalue weighted by atomic mass is 9.96. The van der Waals surface area contributed by atoms with Gasteiger partial charge in [0.15, 0.2) is 0 Å². The minimum atomic E-state index is -0.497. The lowest BCUT2D eigenvalue weighted by Crippen LogP contribution is -2.41. The molecule has 1 aromatic carbocycles. The maximum Gasteiger partial charge on any atom is 0.237 e. The van der Waals surface area contributed by atoms with Gasteiger partial charge in [-0.2, -0.15) is 0 Å². The first-order valence-corrected chi connectivity index (χ1v) is 6.11. The summed E-state index contributed by atoms with van der Waals surface area (Å²) in [6, 6.07) is 6.96. The minimum absolute atomic E-state index is 0. The molecule has 0 aliphatic carbocycles. The van der Waals surface area contributed by atoms with Crippen LogP contribution >= 0.6 is 24.0 Å². The molecule has 0 radical (unpaired) electrons. The summed E-state index contributed by atoms with van der Waals surface area (Å²) in [5, 5.41) is 3.63. The summed E-state index contributed by atoms with van der Waals surface area (Å²) in [5.74, 6) is 0.150. The van der Waals surface area contributed by atoms with Crippen LogP contribution in [0.25, 0.3) is 0 Å². The van der Waals surface area contributed by atoms with Crippen LogP contribution in [0.2, 0.25) is 5.02 Å². The average molecular weight is 291 g/mol. The molecule has 1 rings (SSSR count). The second kappa shape index (κ2) is 7.62. The van der Waals surface area contributed by atoms with Crippen molar-refractivity contribution in [2.75, 3.05) is 0 Å². The highest BCUT2D eigenvalue weighted by molar-refractivity contribution is 6.30. The van der Waals surface area contributed by atoms with Gasteiger partial charge in [0, 0.05) is 5.02 Å². The second-order valence-corrected chi connectivity index (χ2v) is 5.01. The second-order valence-electron chi connectivity index (χ2n) is 4.57. The summed E-state index contributed by atoms with van der Waals surface area (Å²) in [6.07, 6.45) is 0. The number of halogens is 2. The number of benzene rings is 1. The van der Waals surface area contributed by atoms with Crippen molar-refractivity contribution < 1.29 is 4.79 Å². The highest BCUT2D eigenvalue weighted by Crippen LogP contribution is 2.23. The van der Waals surface area contributed by atoms with Crippen molar-refractivity contribution in [3.05, 3.63) is 34.9 Å². The molecule has 3 N–H and O–H groups in total. The average Bonchev–Trinajstić information content (AvgIpc) is 2.26. The van der Waals surface area contributed by atoms with Gasteiger partial charge in [-0.1, -0.05) is 37.6 Å². The van der Waals surface area contributed by atoms with Crippen LogP contribution in [0.15, 0.2) is 24.3 Å². The summed E-state index contributed by atoms with van der Waals surface area (Å²) in [5.41, 5.74) is 6.59. The number of amides is 1. The molecule has 0 bridgehead atoms. The number of nitrogens with two attached hydrogens (primary N) is 1. The van der Waals surface area contributed by atoms with Crippen LogP contribution in [-0.2, 0) is 4.79 Å². The Labute approximate surface area is 119 Å². The molecule has 0 spiro atoms. The van der Waals surface area contributed by atoms with Crippen molar-refractivity contribution in [3.8, 4) is 0 Å². The van der Waals surface area contributed by atoms with Gasteiger partial charge in [0.2, 0.25) is 5.91 Å². The van der Waals surface area contributed by atoms with Gasteiger partial charge in [0.05, 0.1) is 12.1 Å². The van der Waals surface area contributed by atoms with E-state index < -0.39 is 6.04 Å². The number of nitrogens with one attached hydrogen (secondary N) is 1. The monoisotopic (exact) mass is 290 g/mol. The van der Waals surface area contributed by atoms with Crippen molar-refractivity contribution >= 4 is 29.9 Å². The molecular weight excluding hydrogens is 271 g/mol. The molecule has 18 heavy (non-hydrogen) atoms. The lowest BCUT2D eigenvalue weighted by molar-refractivity contribution is -0.123. The van der Waals surface area contributed by atoms with Gasteiger partial charge in [-0.25, -0.2) is 0 Å². The Morgan fingerprint density at radius 3 is 2.11 bits per heavy atom. The van der Waals surface area contributed by atoms with Crippen LogP contribution in [0, 0.1) is 5.92 Å². The maximum atomic E-state index is 11.6. The third-order valence-corrected chi connectivity index (χ3v) is 2.86. The van der Waals surface area contributed by atoms with Crippen molar-refractivity contribution in [3.63, 3.8) is 0 Å². The Bertz CT molecular complexity index is 377. The van der Waals surface area contributed by atoms with E-state index in [0.717, 1.165) is 5.56 Å². The molecule has 0 saturated carbocycles. The first-order valence-electron chi connectivity index (χ1n) is 5.73. The Morgan fingerprint density at radius 2 is 1.72 bits per heavy atom. The van der Waals surface area contributed by atoms with Crippen LogP contribution < -0.4 is 11.1 Å². The number of hydrogen-bond acceptors (Lipinski definition) is 2. The zero-order chi connectivity index (χ0) is 13.0. The van der Waals surface area contributed by atoms with Crippen LogP contribution in [0.5, 0.6) is 0 Å². The van der Waals surface area contributed by atoms with Crippen LogP contribution in [0.3, 0.4) is 0 Å². The lowest BCUT2D eigenvalue weighted by Gasteiger charge is -2.24. The molecule has 0 aliphatic heterocycles. The molecule has 2 atom stereocenters. The third-order valence-electron chi connectivity index (χ3n) is 2.61. The van der Waals surface area contributed by atoms with Crippen molar-refractivity contribution in [2.45, 2.75) is 32.9 Å². The normalized spacial score (nSPS) is 13.7. The van der Waals surface area contributed by atoms with E-state index in [1.807, 2.05) is 24.3 Å². The summed E-state index contributed by atoms with van der Waals surface area (Å²) < 4.78 is 0. The van der Waals surface area contributed by atoms with Gasteiger partial charge < -0.3 is 11.1 Å². The molecular formula is C13H20Cl2N2O. The highest BCUT2D eigenvalue weighted by Gasteiger charge is 2.19. The predicted octanol–water partition coefficient (Wildman–Crippen LogP) is 2.92. The Kier molecular flexibility index (Phi) is 7.29. The molecule has 102 valence electrons. The largest absolute Gasteiger partial charge is 0.348 e. The molecule has 0 aliphatic rings.